The third kappa shape index (κ3) is 9.60. The Morgan fingerprint density at radius 3 is 2.13 bits per heavy atom. The highest BCUT2D eigenvalue weighted by Gasteiger charge is 2.27. The minimum Gasteiger partial charge on any atom is -0.396 e. The molecule has 0 aromatic heterocycles. The fourth-order valence-corrected chi connectivity index (χ4v) is 4.58. The molecule has 3 heterocycles. The van der Waals surface area contributed by atoms with E-state index in [0.29, 0.717) is 24.5 Å². The highest BCUT2D eigenvalue weighted by molar-refractivity contribution is 7.59. The van der Waals surface area contributed by atoms with Gasteiger partial charge in [0.2, 0.25) is 0 Å². The summed E-state index contributed by atoms with van der Waals surface area (Å²) in [5.74, 6) is 1.16. The number of hydrogen-bond acceptors (Lipinski definition) is 6. The van der Waals surface area contributed by atoms with Crippen LogP contribution in [0.1, 0.15) is 37.3 Å². The number of benzene rings is 1. The van der Waals surface area contributed by atoms with Crippen LogP contribution in [0.5, 0.6) is 0 Å². The Kier molecular flexibility index (Phi) is 14.4. The van der Waals surface area contributed by atoms with E-state index in [0.717, 1.165) is 52.2 Å². The van der Waals surface area contributed by atoms with Crippen LogP contribution in [-0.4, -0.2) is 80.0 Å². The Morgan fingerprint density at radius 1 is 0.935 bits per heavy atom. The second-order valence-corrected chi connectivity index (χ2v) is 8.91. The average Bonchev–Trinajstić information content (AvgIpc) is 3.25. The zero-order valence-electron chi connectivity index (χ0n) is 18.8. The molecule has 0 amide bonds. The molecule has 3 aliphatic rings. The number of ether oxygens (including phenoxy) is 1. The van der Waals surface area contributed by atoms with Gasteiger partial charge in [-0.25, -0.2) is 0 Å². The first-order chi connectivity index (χ1) is 14.2. The summed E-state index contributed by atoms with van der Waals surface area (Å²) in [7, 11) is 0. The molecule has 1 aromatic carbocycles. The van der Waals surface area contributed by atoms with Crippen molar-refractivity contribution in [3.05, 3.63) is 35.9 Å². The van der Waals surface area contributed by atoms with Crippen molar-refractivity contribution in [1.82, 2.24) is 9.80 Å². The Bertz CT molecular complexity index is 566. The quantitative estimate of drug-likeness (QED) is 0.560. The van der Waals surface area contributed by atoms with Gasteiger partial charge in [-0.1, -0.05) is 30.3 Å². The normalized spacial score (nSPS) is 22.3. The van der Waals surface area contributed by atoms with Gasteiger partial charge in [-0.05, 0) is 50.3 Å². The SMILES string of the molecule is N[C@H](CN1CC(CO)C1)c1ccccc1.N[C@H](CN1CCCC1)C1CCOCC1.S.S. The number of rotatable bonds is 7. The van der Waals surface area contributed by atoms with Gasteiger partial charge in [0.25, 0.3) is 0 Å². The van der Waals surface area contributed by atoms with Crippen LogP contribution in [-0.2, 0) is 4.74 Å². The molecule has 3 saturated heterocycles. The molecule has 8 heteroatoms. The van der Waals surface area contributed by atoms with Crippen molar-refractivity contribution in [2.24, 2.45) is 23.3 Å². The van der Waals surface area contributed by atoms with Gasteiger partial charge in [-0.3, -0.25) is 0 Å². The topological polar surface area (TPSA) is 88.0 Å². The summed E-state index contributed by atoms with van der Waals surface area (Å²) in [4.78, 5) is 4.80. The summed E-state index contributed by atoms with van der Waals surface area (Å²) in [5.41, 5.74) is 13.5. The van der Waals surface area contributed by atoms with E-state index in [1.165, 1.54) is 31.5 Å². The summed E-state index contributed by atoms with van der Waals surface area (Å²) >= 11 is 0. The van der Waals surface area contributed by atoms with Gasteiger partial charge < -0.3 is 31.1 Å². The molecule has 0 aliphatic carbocycles. The van der Waals surface area contributed by atoms with Crippen LogP contribution >= 0.6 is 27.0 Å². The molecule has 3 fully saturated rings. The smallest absolute Gasteiger partial charge is 0.0483 e. The zero-order valence-corrected chi connectivity index (χ0v) is 20.8. The molecular formula is C23H44N4O2S2. The van der Waals surface area contributed by atoms with Gasteiger partial charge in [-0.2, -0.15) is 27.0 Å². The lowest BCUT2D eigenvalue weighted by atomic mass is 9.92. The van der Waals surface area contributed by atoms with Crippen molar-refractivity contribution in [3.8, 4) is 0 Å². The number of nitrogens with two attached hydrogens (primary N) is 2. The molecule has 4 rings (SSSR count). The lowest BCUT2D eigenvalue weighted by molar-refractivity contribution is 0.0495. The highest BCUT2D eigenvalue weighted by atomic mass is 32.1. The third-order valence-corrected chi connectivity index (χ3v) is 6.51. The van der Waals surface area contributed by atoms with E-state index < -0.39 is 0 Å². The molecule has 0 spiro atoms. The standard InChI is InChI=1S/C12H18N2O.C11H22N2O.2H2S/c13-12(11-4-2-1-3-5-11)8-14-6-10(7-14)9-15;12-11(9-13-5-1-2-6-13)10-3-7-14-8-4-10;;/h1-5,10,12,15H,6-9,13H2;10-11H,1-9,12H2;2*1H2/t12-;11-;;/m11../s1. The van der Waals surface area contributed by atoms with E-state index in [4.69, 9.17) is 21.3 Å². The van der Waals surface area contributed by atoms with E-state index in [1.54, 1.807) is 0 Å². The summed E-state index contributed by atoms with van der Waals surface area (Å²) < 4.78 is 5.35. The van der Waals surface area contributed by atoms with Crippen molar-refractivity contribution in [2.75, 3.05) is 59.1 Å². The zero-order chi connectivity index (χ0) is 20.5. The second kappa shape index (κ2) is 15.5. The maximum atomic E-state index is 8.90. The van der Waals surface area contributed by atoms with Crippen LogP contribution in [0.15, 0.2) is 30.3 Å². The van der Waals surface area contributed by atoms with Gasteiger partial charge in [0.05, 0.1) is 0 Å². The van der Waals surface area contributed by atoms with E-state index in [2.05, 4.69) is 21.9 Å². The summed E-state index contributed by atoms with van der Waals surface area (Å²) in [5, 5.41) is 8.90. The molecule has 0 saturated carbocycles. The molecule has 5 N–H and O–H groups in total. The molecule has 180 valence electrons. The highest BCUT2D eigenvalue weighted by Crippen LogP contribution is 2.20. The summed E-state index contributed by atoms with van der Waals surface area (Å²) in [6, 6.07) is 10.6. The Labute approximate surface area is 202 Å². The molecule has 6 nitrogen and oxygen atoms in total. The van der Waals surface area contributed by atoms with Crippen LogP contribution in [0.4, 0.5) is 0 Å². The maximum absolute atomic E-state index is 8.90. The first kappa shape index (κ1) is 28.7. The van der Waals surface area contributed by atoms with Gasteiger partial charge >= 0.3 is 0 Å². The van der Waals surface area contributed by atoms with E-state index in [1.807, 2.05) is 18.2 Å². The summed E-state index contributed by atoms with van der Waals surface area (Å²) in [6.45, 7) is 8.61. The Hall–Kier alpha value is -0.320. The van der Waals surface area contributed by atoms with Gasteiger partial charge in [-0.15, -0.1) is 0 Å². The number of nitrogens with zero attached hydrogens (tertiary/aromatic N) is 2. The van der Waals surface area contributed by atoms with Crippen LogP contribution in [0.2, 0.25) is 0 Å². The van der Waals surface area contributed by atoms with E-state index in [-0.39, 0.29) is 33.0 Å². The largest absolute Gasteiger partial charge is 0.396 e. The van der Waals surface area contributed by atoms with Crippen LogP contribution in [0, 0.1) is 11.8 Å². The lowest BCUT2D eigenvalue weighted by Crippen LogP contribution is -2.50. The van der Waals surface area contributed by atoms with E-state index in [9.17, 15) is 0 Å². The molecule has 1 aromatic rings. The monoisotopic (exact) mass is 472 g/mol. The fraction of sp³-hybridized carbons (Fsp3) is 0.739. The maximum Gasteiger partial charge on any atom is 0.0483 e. The third-order valence-electron chi connectivity index (χ3n) is 6.51. The van der Waals surface area contributed by atoms with Crippen molar-refractivity contribution < 1.29 is 9.84 Å². The molecule has 2 atom stereocenters. The molecular weight excluding hydrogens is 428 g/mol. The van der Waals surface area contributed by atoms with Gasteiger partial charge in [0.15, 0.2) is 0 Å². The molecule has 0 unspecified atom stereocenters. The van der Waals surface area contributed by atoms with Crippen LogP contribution in [0.3, 0.4) is 0 Å². The minimum atomic E-state index is 0. The Morgan fingerprint density at radius 2 is 1.55 bits per heavy atom. The van der Waals surface area contributed by atoms with Crippen molar-refractivity contribution >= 4 is 27.0 Å². The molecule has 31 heavy (non-hydrogen) atoms. The first-order valence-corrected chi connectivity index (χ1v) is 11.3. The average molecular weight is 473 g/mol. The number of aliphatic hydroxyl groups excluding tert-OH is 1. The first-order valence-electron chi connectivity index (χ1n) is 11.3. The fourth-order valence-electron chi connectivity index (χ4n) is 4.58. The molecule has 0 radical (unpaired) electrons. The molecule has 3 aliphatic heterocycles. The number of aliphatic hydroxyl groups is 1. The van der Waals surface area contributed by atoms with Crippen molar-refractivity contribution in [2.45, 2.75) is 37.8 Å². The summed E-state index contributed by atoms with van der Waals surface area (Å²) in [6.07, 6.45) is 5.05. The van der Waals surface area contributed by atoms with Crippen LogP contribution in [0.25, 0.3) is 0 Å². The minimum absolute atomic E-state index is 0. The number of likely N-dealkylation sites (tertiary alicyclic amines) is 2. The van der Waals surface area contributed by atoms with E-state index >= 15 is 0 Å². The van der Waals surface area contributed by atoms with Crippen LogP contribution < -0.4 is 11.5 Å². The predicted octanol–water partition coefficient (Wildman–Crippen LogP) is 1.67. The van der Waals surface area contributed by atoms with Crippen molar-refractivity contribution in [3.63, 3.8) is 0 Å². The van der Waals surface area contributed by atoms with Gasteiger partial charge in [0, 0.05) is 64.0 Å². The Balaban J connectivity index is 0.000000292. The predicted molar refractivity (Wildman–Crippen MR) is 138 cm³/mol. The lowest BCUT2D eigenvalue weighted by Gasteiger charge is -2.39. The number of hydrogen-bond donors (Lipinski definition) is 3. The van der Waals surface area contributed by atoms with Gasteiger partial charge in [0.1, 0.15) is 0 Å². The second-order valence-electron chi connectivity index (χ2n) is 8.91. The van der Waals surface area contributed by atoms with Crippen molar-refractivity contribution in [1.29, 1.82) is 0 Å². The molecule has 0 bridgehead atoms.